The first kappa shape index (κ1) is 15.5. The Morgan fingerprint density at radius 3 is 2.81 bits per heavy atom. The number of anilines is 1. The second-order valence-electron chi connectivity index (χ2n) is 5.80. The van der Waals surface area contributed by atoms with Crippen molar-refractivity contribution >= 4 is 17.4 Å². The van der Waals surface area contributed by atoms with Crippen LogP contribution in [0.3, 0.4) is 0 Å². The minimum atomic E-state index is 0.0628. The molecule has 1 atom stereocenters. The van der Waals surface area contributed by atoms with E-state index in [0.717, 1.165) is 37.1 Å². The molecule has 21 heavy (non-hydrogen) atoms. The number of carbonyl (C=O) groups excluding carboxylic acids is 2. The molecule has 4 nitrogen and oxygen atoms in total. The molecule has 1 aliphatic heterocycles. The van der Waals surface area contributed by atoms with Crippen LogP contribution in [0.4, 0.5) is 5.69 Å². The molecule has 1 N–H and O–H groups in total. The Labute approximate surface area is 126 Å². The van der Waals surface area contributed by atoms with Gasteiger partial charge in [0.15, 0.2) is 5.78 Å². The van der Waals surface area contributed by atoms with Gasteiger partial charge in [-0.15, -0.1) is 0 Å². The first-order valence-corrected chi connectivity index (χ1v) is 7.69. The minimum absolute atomic E-state index is 0.0628. The molecule has 1 aromatic rings. The molecular weight excluding hydrogens is 264 g/mol. The number of amides is 1. The first-order valence-electron chi connectivity index (χ1n) is 7.69. The highest BCUT2D eigenvalue weighted by Crippen LogP contribution is 2.28. The number of nitrogens with one attached hydrogen (secondary N) is 1. The van der Waals surface area contributed by atoms with Crippen LogP contribution in [0, 0.1) is 0 Å². The topological polar surface area (TPSA) is 49.4 Å². The van der Waals surface area contributed by atoms with Gasteiger partial charge in [-0.2, -0.15) is 0 Å². The summed E-state index contributed by atoms with van der Waals surface area (Å²) in [5.41, 5.74) is 3.01. The quantitative estimate of drug-likeness (QED) is 0.847. The molecule has 1 aromatic carbocycles. The molecule has 1 unspecified atom stereocenters. The van der Waals surface area contributed by atoms with Crippen molar-refractivity contribution in [3.05, 3.63) is 29.3 Å². The third-order valence-electron chi connectivity index (χ3n) is 4.06. The van der Waals surface area contributed by atoms with Crippen molar-refractivity contribution in [2.24, 2.45) is 0 Å². The lowest BCUT2D eigenvalue weighted by molar-refractivity contribution is -0.120. The molecule has 4 heteroatoms. The van der Waals surface area contributed by atoms with Gasteiger partial charge in [-0.25, -0.2) is 0 Å². The average molecular weight is 288 g/mol. The summed E-state index contributed by atoms with van der Waals surface area (Å²) in [6.07, 6.45) is 2.93. The van der Waals surface area contributed by atoms with Crippen molar-refractivity contribution in [1.82, 2.24) is 5.32 Å². The fraction of sp³-hybridized carbons (Fsp3) is 0.529. The van der Waals surface area contributed by atoms with Gasteiger partial charge in [0.05, 0.1) is 6.54 Å². The monoisotopic (exact) mass is 288 g/mol. The van der Waals surface area contributed by atoms with Crippen LogP contribution in [0.1, 0.15) is 49.5 Å². The highest BCUT2D eigenvalue weighted by atomic mass is 16.2. The molecule has 0 aliphatic carbocycles. The highest BCUT2D eigenvalue weighted by Gasteiger charge is 2.20. The van der Waals surface area contributed by atoms with E-state index in [9.17, 15) is 9.59 Å². The Kier molecular flexibility index (Phi) is 4.99. The number of nitrogens with zero attached hydrogens (tertiary/aromatic N) is 1. The van der Waals surface area contributed by atoms with Gasteiger partial charge in [0, 0.05) is 23.8 Å². The van der Waals surface area contributed by atoms with Crippen molar-refractivity contribution < 1.29 is 9.59 Å². The van der Waals surface area contributed by atoms with Crippen LogP contribution in [-0.4, -0.2) is 30.8 Å². The van der Waals surface area contributed by atoms with Crippen LogP contribution in [0.25, 0.3) is 0 Å². The molecule has 0 saturated carbocycles. The standard InChI is InChI=1S/C17H24N2O2/c1-4-12(2)18-17(21)11-19-9-5-6-15-10-14(13(3)20)7-8-16(15)19/h7-8,10,12H,4-6,9,11H2,1-3H3,(H,18,21). The Morgan fingerprint density at radius 1 is 1.38 bits per heavy atom. The Hall–Kier alpha value is -1.84. The van der Waals surface area contributed by atoms with Crippen LogP contribution in [0.5, 0.6) is 0 Å². The molecule has 2 rings (SSSR count). The van der Waals surface area contributed by atoms with E-state index in [1.54, 1.807) is 6.92 Å². The molecular formula is C17H24N2O2. The maximum Gasteiger partial charge on any atom is 0.239 e. The SMILES string of the molecule is CCC(C)NC(=O)CN1CCCc2cc(C(C)=O)ccc21. The van der Waals surface area contributed by atoms with E-state index < -0.39 is 0 Å². The van der Waals surface area contributed by atoms with Crippen LogP contribution < -0.4 is 10.2 Å². The smallest absolute Gasteiger partial charge is 0.239 e. The zero-order valence-electron chi connectivity index (χ0n) is 13.1. The molecule has 0 saturated heterocycles. The molecule has 0 aromatic heterocycles. The number of benzene rings is 1. The van der Waals surface area contributed by atoms with Crippen molar-refractivity contribution in [3.8, 4) is 0 Å². The Balaban J connectivity index is 2.11. The van der Waals surface area contributed by atoms with Crippen LogP contribution in [0.15, 0.2) is 18.2 Å². The van der Waals surface area contributed by atoms with E-state index in [0.29, 0.717) is 6.54 Å². The highest BCUT2D eigenvalue weighted by molar-refractivity contribution is 5.95. The van der Waals surface area contributed by atoms with Gasteiger partial charge in [-0.3, -0.25) is 9.59 Å². The van der Waals surface area contributed by atoms with E-state index >= 15 is 0 Å². The second kappa shape index (κ2) is 6.74. The largest absolute Gasteiger partial charge is 0.362 e. The summed E-state index contributed by atoms with van der Waals surface area (Å²) in [6.45, 7) is 6.94. The van der Waals surface area contributed by atoms with E-state index in [1.165, 1.54) is 5.56 Å². The van der Waals surface area contributed by atoms with E-state index in [1.807, 2.05) is 25.1 Å². The summed E-state index contributed by atoms with van der Waals surface area (Å²) in [5, 5.41) is 3.00. The average Bonchev–Trinajstić information content (AvgIpc) is 2.46. The van der Waals surface area contributed by atoms with Gasteiger partial charge in [-0.05, 0) is 56.9 Å². The Morgan fingerprint density at radius 2 is 2.14 bits per heavy atom. The molecule has 1 aliphatic rings. The van der Waals surface area contributed by atoms with Gasteiger partial charge < -0.3 is 10.2 Å². The zero-order valence-corrected chi connectivity index (χ0v) is 13.1. The molecule has 0 fully saturated rings. The second-order valence-corrected chi connectivity index (χ2v) is 5.80. The van der Waals surface area contributed by atoms with Crippen LogP contribution in [-0.2, 0) is 11.2 Å². The molecule has 0 spiro atoms. The number of hydrogen-bond donors (Lipinski definition) is 1. The van der Waals surface area contributed by atoms with Gasteiger partial charge in [0.2, 0.25) is 5.91 Å². The zero-order chi connectivity index (χ0) is 15.4. The molecule has 1 amide bonds. The van der Waals surface area contributed by atoms with Crippen LogP contribution >= 0.6 is 0 Å². The fourth-order valence-corrected chi connectivity index (χ4v) is 2.65. The van der Waals surface area contributed by atoms with E-state index in [-0.39, 0.29) is 17.7 Å². The van der Waals surface area contributed by atoms with Gasteiger partial charge >= 0.3 is 0 Å². The summed E-state index contributed by atoms with van der Waals surface area (Å²) >= 11 is 0. The van der Waals surface area contributed by atoms with Gasteiger partial charge in [-0.1, -0.05) is 6.92 Å². The van der Waals surface area contributed by atoms with Crippen molar-refractivity contribution in [1.29, 1.82) is 0 Å². The van der Waals surface area contributed by atoms with E-state index in [4.69, 9.17) is 0 Å². The number of carbonyl (C=O) groups is 2. The summed E-state index contributed by atoms with van der Waals surface area (Å²) in [4.78, 5) is 25.6. The third kappa shape index (κ3) is 3.84. The molecule has 1 heterocycles. The summed E-state index contributed by atoms with van der Waals surface area (Å²) < 4.78 is 0. The van der Waals surface area contributed by atoms with Gasteiger partial charge in [0.25, 0.3) is 0 Å². The van der Waals surface area contributed by atoms with E-state index in [2.05, 4.69) is 17.1 Å². The molecule has 0 radical (unpaired) electrons. The van der Waals surface area contributed by atoms with Crippen molar-refractivity contribution in [2.75, 3.05) is 18.0 Å². The number of aryl methyl sites for hydroxylation is 1. The summed E-state index contributed by atoms with van der Waals surface area (Å²) in [5.74, 6) is 0.150. The predicted molar refractivity (Wildman–Crippen MR) is 84.9 cm³/mol. The number of rotatable bonds is 5. The predicted octanol–water partition coefficient (Wildman–Crippen LogP) is 2.56. The summed E-state index contributed by atoms with van der Waals surface area (Å²) in [7, 11) is 0. The molecule has 114 valence electrons. The van der Waals surface area contributed by atoms with Gasteiger partial charge in [0.1, 0.15) is 0 Å². The first-order chi connectivity index (χ1) is 10.0. The summed E-state index contributed by atoms with van der Waals surface area (Å²) in [6, 6.07) is 6.01. The van der Waals surface area contributed by atoms with Crippen LogP contribution in [0.2, 0.25) is 0 Å². The van der Waals surface area contributed by atoms with Crippen molar-refractivity contribution in [3.63, 3.8) is 0 Å². The lowest BCUT2D eigenvalue weighted by Crippen LogP contribution is -2.42. The number of Topliss-reactive ketones (excluding diaryl/α,β-unsaturated/α-hetero) is 1. The lowest BCUT2D eigenvalue weighted by atomic mass is 9.98. The fourth-order valence-electron chi connectivity index (χ4n) is 2.65. The number of ketones is 1. The maximum absolute atomic E-state index is 12.1. The van der Waals surface area contributed by atoms with Crippen molar-refractivity contribution in [2.45, 2.75) is 46.1 Å². The maximum atomic E-state index is 12.1. The Bertz CT molecular complexity index is 540. The molecule has 0 bridgehead atoms. The third-order valence-corrected chi connectivity index (χ3v) is 4.06. The number of fused-ring (bicyclic) bond motifs is 1. The lowest BCUT2D eigenvalue weighted by Gasteiger charge is -2.31. The minimum Gasteiger partial charge on any atom is -0.362 e. The number of hydrogen-bond acceptors (Lipinski definition) is 3. The normalized spacial score (nSPS) is 15.3.